The molecule has 1 saturated heterocycles. The van der Waals surface area contributed by atoms with Crippen molar-refractivity contribution in [2.45, 2.75) is 43.4 Å². The van der Waals surface area contributed by atoms with Crippen molar-refractivity contribution in [1.82, 2.24) is 9.62 Å². The summed E-state index contributed by atoms with van der Waals surface area (Å²) in [5.41, 5.74) is 2.08. The normalized spacial score (nSPS) is 15.5. The molecule has 2 aromatic carbocycles. The number of benzene rings is 2. The van der Waals surface area contributed by atoms with Crippen molar-refractivity contribution in [3.05, 3.63) is 48.5 Å². The first-order valence-corrected chi connectivity index (χ1v) is 15.5. The van der Waals surface area contributed by atoms with Crippen molar-refractivity contribution in [3.63, 3.8) is 0 Å². The van der Waals surface area contributed by atoms with Crippen molar-refractivity contribution in [2.75, 3.05) is 51.8 Å². The van der Waals surface area contributed by atoms with E-state index in [4.69, 9.17) is 3.07 Å². The highest BCUT2D eigenvalue weighted by atomic mass is 127. The lowest BCUT2D eigenvalue weighted by Gasteiger charge is -2.40. The lowest BCUT2D eigenvalue weighted by atomic mass is 9.80. The van der Waals surface area contributed by atoms with Gasteiger partial charge in [0.15, 0.2) is 0 Å². The van der Waals surface area contributed by atoms with Crippen LogP contribution in [0.3, 0.4) is 0 Å². The minimum Gasteiger partial charge on any atom is -0.396 e. The van der Waals surface area contributed by atoms with Crippen LogP contribution in [0.1, 0.15) is 38.5 Å². The highest BCUT2D eigenvalue weighted by Crippen LogP contribution is 2.32. The molecule has 3 rings (SSSR count). The molecule has 12 heteroatoms. The highest BCUT2D eigenvalue weighted by Gasteiger charge is 2.35. The van der Waals surface area contributed by atoms with Crippen molar-refractivity contribution in [3.8, 4) is 0 Å². The number of sulfonamides is 1. The molecule has 1 aliphatic heterocycles. The number of hydrogen-bond acceptors (Lipinski definition) is 8. The Bertz CT molecular complexity index is 1180. The molecule has 214 valence electrons. The fourth-order valence-corrected chi connectivity index (χ4v) is 6.08. The molecule has 0 spiro atoms. The molecule has 0 aromatic heterocycles. The van der Waals surface area contributed by atoms with Gasteiger partial charge in [-0.05, 0) is 74.2 Å². The van der Waals surface area contributed by atoms with E-state index in [-0.39, 0.29) is 22.8 Å². The maximum atomic E-state index is 12.6. The van der Waals surface area contributed by atoms with Crippen LogP contribution in [0.2, 0.25) is 0 Å². The number of azo groups is 1. The summed E-state index contributed by atoms with van der Waals surface area (Å²) in [7, 11) is 0.303. The van der Waals surface area contributed by atoms with E-state index in [1.165, 1.54) is 12.1 Å². The molecule has 0 bridgehead atoms. The van der Waals surface area contributed by atoms with Crippen molar-refractivity contribution in [2.24, 2.45) is 15.6 Å². The van der Waals surface area contributed by atoms with Crippen LogP contribution < -0.4 is 9.62 Å². The lowest BCUT2D eigenvalue weighted by Crippen LogP contribution is -2.46. The van der Waals surface area contributed by atoms with E-state index in [1.807, 2.05) is 71.2 Å². The van der Waals surface area contributed by atoms with E-state index in [2.05, 4.69) is 15.0 Å². The maximum absolute atomic E-state index is 12.6. The van der Waals surface area contributed by atoms with Gasteiger partial charge in [0.05, 0.1) is 29.5 Å². The molecule has 1 aliphatic rings. The molecule has 1 amide bonds. The number of aliphatic hydroxyl groups excluding tert-OH is 1. The summed E-state index contributed by atoms with van der Waals surface area (Å²) < 4.78 is 33.1. The third kappa shape index (κ3) is 9.48. The van der Waals surface area contributed by atoms with Gasteiger partial charge in [-0.15, -0.1) is 0 Å². The Hall–Kier alpha value is -2.13. The van der Waals surface area contributed by atoms with Gasteiger partial charge in [-0.1, -0.05) is 6.42 Å². The molecule has 0 radical (unpaired) electrons. The SMILES string of the molecule is CN(C)c1ccc(N=Nc2ccc(S(=O)(=O)NCCCCCC(=O)N3CCC(CO)(COI)CC3)cc2)cc1. The van der Waals surface area contributed by atoms with Gasteiger partial charge in [-0.25, -0.2) is 13.1 Å². The predicted octanol–water partition coefficient (Wildman–Crippen LogP) is 4.97. The first-order valence-electron chi connectivity index (χ1n) is 13.1. The van der Waals surface area contributed by atoms with E-state index < -0.39 is 10.0 Å². The standard InChI is InChI=1S/C27H38IN5O5S/c1-32(2)24-11-7-22(8-12-24)30-31-23-9-13-25(14-10-23)39(36,37)29-17-5-3-4-6-26(35)33-18-15-27(20-34,16-19-33)21-38-28/h7-14,29,34H,3-6,15-21H2,1-2H3. The minimum absolute atomic E-state index is 0.0651. The van der Waals surface area contributed by atoms with Crippen LogP contribution >= 0.6 is 23.0 Å². The van der Waals surface area contributed by atoms with E-state index >= 15 is 0 Å². The topological polar surface area (TPSA) is 124 Å². The molecule has 39 heavy (non-hydrogen) atoms. The second-order valence-corrected chi connectivity index (χ2v) is 12.5. The number of nitrogens with zero attached hydrogens (tertiary/aromatic N) is 4. The summed E-state index contributed by atoms with van der Waals surface area (Å²) in [6.07, 6.45) is 4.00. The Kier molecular flexibility index (Phi) is 12.1. The van der Waals surface area contributed by atoms with Gasteiger partial charge in [0.1, 0.15) is 23.0 Å². The second kappa shape index (κ2) is 15.0. The Labute approximate surface area is 245 Å². The number of carbonyl (C=O) groups excluding carboxylic acids is 1. The second-order valence-electron chi connectivity index (χ2n) is 10.1. The monoisotopic (exact) mass is 671 g/mol. The van der Waals surface area contributed by atoms with Crippen molar-refractivity contribution in [1.29, 1.82) is 0 Å². The number of unbranched alkanes of at least 4 members (excludes halogenated alkanes) is 2. The summed E-state index contributed by atoms with van der Waals surface area (Å²) >= 11 is 1.84. The molecular formula is C27H38IN5O5S. The summed E-state index contributed by atoms with van der Waals surface area (Å²) in [6, 6.07) is 13.9. The fraction of sp³-hybridized carbons (Fsp3) is 0.519. The van der Waals surface area contributed by atoms with Crippen molar-refractivity contribution < 1.29 is 21.4 Å². The minimum atomic E-state index is -3.63. The number of likely N-dealkylation sites (tertiary alicyclic amines) is 1. The third-order valence-corrected chi connectivity index (χ3v) is 8.81. The summed E-state index contributed by atoms with van der Waals surface area (Å²) in [4.78, 5) is 16.6. The zero-order valence-electron chi connectivity index (χ0n) is 22.6. The van der Waals surface area contributed by atoms with Crippen LogP contribution in [0.4, 0.5) is 17.1 Å². The highest BCUT2D eigenvalue weighted by molar-refractivity contribution is 14.1. The van der Waals surface area contributed by atoms with Gasteiger partial charge in [0, 0.05) is 51.3 Å². The molecule has 1 heterocycles. The summed E-state index contributed by atoms with van der Waals surface area (Å²) in [5.74, 6) is 0.111. The van der Waals surface area contributed by atoms with Gasteiger partial charge in [0.25, 0.3) is 0 Å². The number of amides is 1. The van der Waals surface area contributed by atoms with E-state index in [9.17, 15) is 18.3 Å². The molecule has 2 aromatic rings. The van der Waals surface area contributed by atoms with E-state index in [1.54, 1.807) is 12.1 Å². The molecule has 0 aliphatic carbocycles. The van der Waals surface area contributed by atoms with Crippen LogP contribution in [0.5, 0.6) is 0 Å². The Morgan fingerprint density at radius 2 is 1.62 bits per heavy atom. The van der Waals surface area contributed by atoms with Crippen LogP contribution in [0.15, 0.2) is 63.7 Å². The van der Waals surface area contributed by atoms with Crippen LogP contribution in [0, 0.1) is 5.41 Å². The largest absolute Gasteiger partial charge is 0.396 e. The Balaban J connectivity index is 1.36. The number of anilines is 1. The zero-order valence-corrected chi connectivity index (χ0v) is 25.5. The van der Waals surface area contributed by atoms with E-state index in [0.717, 1.165) is 24.9 Å². The number of aliphatic hydroxyl groups is 1. The summed E-state index contributed by atoms with van der Waals surface area (Å²) in [6.45, 7) is 2.12. The van der Waals surface area contributed by atoms with Crippen LogP contribution in [0.25, 0.3) is 0 Å². The number of carbonyl (C=O) groups is 1. The smallest absolute Gasteiger partial charge is 0.240 e. The maximum Gasteiger partial charge on any atom is 0.240 e. The quantitative estimate of drug-likeness (QED) is 0.166. The molecule has 0 unspecified atom stereocenters. The lowest BCUT2D eigenvalue weighted by molar-refractivity contribution is -0.134. The zero-order chi connectivity index (χ0) is 28.3. The molecule has 2 N–H and O–H groups in total. The van der Waals surface area contributed by atoms with Crippen molar-refractivity contribution >= 4 is 56.0 Å². The average Bonchev–Trinajstić information content (AvgIpc) is 2.94. The van der Waals surface area contributed by atoms with Crippen LogP contribution in [-0.2, 0) is 17.9 Å². The van der Waals surface area contributed by atoms with Gasteiger partial charge < -0.3 is 18.0 Å². The van der Waals surface area contributed by atoms with Gasteiger partial charge in [-0.3, -0.25) is 4.79 Å². The molecular weight excluding hydrogens is 633 g/mol. The van der Waals surface area contributed by atoms with Gasteiger partial charge in [-0.2, -0.15) is 10.2 Å². The summed E-state index contributed by atoms with van der Waals surface area (Å²) in [5, 5.41) is 18.1. The Morgan fingerprint density at radius 1 is 1.03 bits per heavy atom. The molecule has 0 atom stereocenters. The number of hydrogen-bond donors (Lipinski definition) is 2. The molecule has 10 nitrogen and oxygen atoms in total. The number of rotatable bonds is 14. The Morgan fingerprint density at radius 3 is 2.15 bits per heavy atom. The van der Waals surface area contributed by atoms with Gasteiger partial charge >= 0.3 is 0 Å². The third-order valence-electron chi connectivity index (χ3n) is 7.03. The molecule has 0 saturated carbocycles. The predicted molar refractivity (Wildman–Crippen MR) is 160 cm³/mol. The van der Waals surface area contributed by atoms with Crippen LogP contribution in [-0.4, -0.2) is 71.3 Å². The first kappa shape index (κ1) is 31.4. The number of piperidine rings is 1. The average molecular weight is 672 g/mol. The van der Waals surface area contributed by atoms with Gasteiger partial charge in [0.2, 0.25) is 15.9 Å². The number of halogens is 1. The number of nitrogens with one attached hydrogen (secondary N) is 1. The first-order chi connectivity index (χ1) is 18.7. The fourth-order valence-electron chi connectivity index (χ4n) is 4.35. The molecule has 1 fully saturated rings. The van der Waals surface area contributed by atoms with E-state index in [0.29, 0.717) is 56.9 Å².